The number of halogens is 1. The van der Waals surface area contributed by atoms with Crippen LogP contribution in [0.25, 0.3) is 11.5 Å². The van der Waals surface area contributed by atoms with Crippen molar-refractivity contribution in [1.29, 1.82) is 0 Å². The maximum absolute atomic E-state index is 6.46. The van der Waals surface area contributed by atoms with Crippen molar-refractivity contribution in [2.75, 3.05) is 13.7 Å². The number of rotatable bonds is 7. The summed E-state index contributed by atoms with van der Waals surface area (Å²) in [5, 5.41) is 9.78. The highest BCUT2D eigenvalue weighted by atomic mass is 35.5. The van der Waals surface area contributed by atoms with Gasteiger partial charge in [0.1, 0.15) is 5.69 Å². The standard InChI is InChI=1S/C18H22ClN5O/c1-13-16(19)17(22-23(13)2)18-20-15(10-12-25-3)21-24(18)11-9-14-7-5-4-6-8-14/h4-8H,9-12H2,1-3H3. The normalized spacial score (nSPS) is 11.2. The van der Waals surface area contributed by atoms with Crippen LogP contribution in [-0.4, -0.2) is 38.3 Å². The molecule has 0 spiro atoms. The molecule has 0 fully saturated rings. The Kier molecular flexibility index (Phi) is 5.50. The largest absolute Gasteiger partial charge is 0.384 e. The third-order valence-corrected chi connectivity index (χ3v) is 4.63. The average molecular weight is 360 g/mol. The van der Waals surface area contributed by atoms with Gasteiger partial charge in [0.25, 0.3) is 0 Å². The summed E-state index contributed by atoms with van der Waals surface area (Å²) in [4.78, 5) is 4.66. The van der Waals surface area contributed by atoms with Gasteiger partial charge in [0.05, 0.1) is 17.3 Å². The second-order valence-electron chi connectivity index (χ2n) is 5.92. The molecular formula is C18H22ClN5O. The molecule has 1 aromatic carbocycles. The van der Waals surface area contributed by atoms with Crippen molar-refractivity contribution in [3.05, 3.63) is 52.4 Å². The van der Waals surface area contributed by atoms with Gasteiger partial charge in [0.15, 0.2) is 11.6 Å². The molecule has 132 valence electrons. The predicted octanol–water partition coefficient (Wildman–Crippen LogP) is 3.07. The van der Waals surface area contributed by atoms with Crippen molar-refractivity contribution in [1.82, 2.24) is 24.5 Å². The van der Waals surface area contributed by atoms with Crippen molar-refractivity contribution in [3.63, 3.8) is 0 Å². The molecule has 7 heteroatoms. The Balaban J connectivity index is 1.91. The summed E-state index contributed by atoms with van der Waals surface area (Å²) < 4.78 is 8.80. The number of hydrogen-bond acceptors (Lipinski definition) is 4. The minimum atomic E-state index is 0.580. The molecule has 0 aliphatic heterocycles. The van der Waals surface area contributed by atoms with Gasteiger partial charge >= 0.3 is 0 Å². The lowest BCUT2D eigenvalue weighted by atomic mass is 10.1. The molecule has 0 N–H and O–H groups in total. The third kappa shape index (κ3) is 3.91. The summed E-state index contributed by atoms with van der Waals surface area (Å²) in [6.07, 6.45) is 1.52. The van der Waals surface area contributed by atoms with E-state index in [1.807, 2.05) is 36.9 Å². The lowest BCUT2D eigenvalue weighted by molar-refractivity contribution is 0.200. The molecule has 0 aliphatic carbocycles. The van der Waals surface area contributed by atoms with Gasteiger partial charge in [-0.15, -0.1) is 0 Å². The molecule has 0 saturated carbocycles. The Morgan fingerprint density at radius 2 is 1.88 bits per heavy atom. The van der Waals surface area contributed by atoms with Crippen molar-refractivity contribution in [2.45, 2.75) is 26.3 Å². The Morgan fingerprint density at radius 3 is 2.52 bits per heavy atom. The number of ether oxygens (including phenoxy) is 1. The van der Waals surface area contributed by atoms with E-state index < -0.39 is 0 Å². The van der Waals surface area contributed by atoms with Crippen LogP contribution in [-0.2, 0) is 31.2 Å². The summed E-state index contributed by atoms with van der Waals surface area (Å²) in [6, 6.07) is 10.3. The van der Waals surface area contributed by atoms with E-state index in [4.69, 9.17) is 16.3 Å². The summed E-state index contributed by atoms with van der Waals surface area (Å²) in [5.41, 5.74) is 2.84. The van der Waals surface area contributed by atoms with Crippen LogP contribution in [0.2, 0.25) is 5.02 Å². The van der Waals surface area contributed by atoms with Crippen molar-refractivity contribution in [2.24, 2.45) is 7.05 Å². The first-order chi connectivity index (χ1) is 12.1. The Bertz CT molecular complexity index is 841. The lowest BCUT2D eigenvalue weighted by Crippen LogP contribution is -2.07. The second kappa shape index (κ2) is 7.80. The van der Waals surface area contributed by atoms with Gasteiger partial charge in [-0.25, -0.2) is 9.67 Å². The van der Waals surface area contributed by atoms with Gasteiger partial charge in [-0.1, -0.05) is 41.9 Å². The molecule has 0 amide bonds. The SMILES string of the molecule is COCCc1nc(-c2nn(C)c(C)c2Cl)n(CCc2ccccc2)n1. The number of benzene rings is 1. The number of aromatic nitrogens is 5. The van der Waals surface area contributed by atoms with E-state index in [1.165, 1.54) is 5.56 Å². The van der Waals surface area contributed by atoms with Crippen LogP contribution in [0.4, 0.5) is 0 Å². The van der Waals surface area contributed by atoms with Crippen molar-refractivity contribution < 1.29 is 4.74 Å². The topological polar surface area (TPSA) is 57.8 Å². The minimum absolute atomic E-state index is 0.580. The van der Waals surface area contributed by atoms with Crippen LogP contribution >= 0.6 is 11.6 Å². The fraction of sp³-hybridized carbons (Fsp3) is 0.389. The smallest absolute Gasteiger partial charge is 0.180 e. The molecule has 3 rings (SSSR count). The summed E-state index contributed by atoms with van der Waals surface area (Å²) in [7, 11) is 3.55. The molecule has 0 aliphatic rings. The van der Waals surface area contributed by atoms with E-state index in [2.05, 4.69) is 27.3 Å². The quantitative estimate of drug-likeness (QED) is 0.650. The highest BCUT2D eigenvalue weighted by molar-refractivity contribution is 6.33. The van der Waals surface area contributed by atoms with E-state index >= 15 is 0 Å². The Morgan fingerprint density at radius 1 is 1.12 bits per heavy atom. The Hall–Kier alpha value is -2.18. The number of nitrogens with zero attached hydrogens (tertiary/aromatic N) is 5. The maximum atomic E-state index is 6.46. The predicted molar refractivity (Wildman–Crippen MR) is 97.7 cm³/mol. The lowest BCUT2D eigenvalue weighted by Gasteiger charge is -2.05. The first-order valence-electron chi connectivity index (χ1n) is 8.26. The fourth-order valence-corrected chi connectivity index (χ4v) is 2.87. The van der Waals surface area contributed by atoms with E-state index in [9.17, 15) is 0 Å². The van der Waals surface area contributed by atoms with E-state index in [1.54, 1.807) is 11.8 Å². The van der Waals surface area contributed by atoms with Gasteiger partial charge in [-0.3, -0.25) is 4.68 Å². The first-order valence-corrected chi connectivity index (χ1v) is 8.64. The zero-order chi connectivity index (χ0) is 17.8. The van der Waals surface area contributed by atoms with Crippen LogP contribution < -0.4 is 0 Å². The van der Waals surface area contributed by atoms with Gasteiger partial charge in [-0.2, -0.15) is 10.2 Å². The molecule has 2 aromatic heterocycles. The summed E-state index contributed by atoms with van der Waals surface area (Å²) in [6.45, 7) is 3.23. The molecular weight excluding hydrogens is 338 g/mol. The molecule has 0 atom stereocenters. The molecule has 2 heterocycles. The van der Waals surface area contributed by atoms with Crippen LogP contribution in [0, 0.1) is 6.92 Å². The van der Waals surface area contributed by atoms with Crippen LogP contribution in [0.3, 0.4) is 0 Å². The Labute approximate surface area is 152 Å². The van der Waals surface area contributed by atoms with Crippen molar-refractivity contribution >= 4 is 11.6 Å². The average Bonchev–Trinajstić information content (AvgIpc) is 3.15. The van der Waals surface area contributed by atoms with Crippen LogP contribution in [0.15, 0.2) is 30.3 Å². The van der Waals surface area contributed by atoms with Crippen molar-refractivity contribution in [3.8, 4) is 11.5 Å². The first kappa shape index (κ1) is 17.6. The number of methoxy groups -OCH3 is 1. The zero-order valence-corrected chi connectivity index (χ0v) is 15.5. The molecule has 3 aromatic rings. The fourth-order valence-electron chi connectivity index (χ4n) is 2.62. The van der Waals surface area contributed by atoms with Gasteiger partial charge in [-0.05, 0) is 18.9 Å². The van der Waals surface area contributed by atoms with Gasteiger partial charge in [0.2, 0.25) is 0 Å². The molecule has 0 unspecified atom stereocenters. The third-order valence-electron chi connectivity index (χ3n) is 4.17. The monoisotopic (exact) mass is 359 g/mol. The summed E-state index contributed by atoms with van der Waals surface area (Å²) in [5.74, 6) is 1.44. The molecule has 0 saturated heterocycles. The molecule has 0 bridgehead atoms. The zero-order valence-electron chi connectivity index (χ0n) is 14.7. The number of hydrogen-bond donors (Lipinski definition) is 0. The minimum Gasteiger partial charge on any atom is -0.384 e. The van der Waals surface area contributed by atoms with Gasteiger partial charge in [0, 0.05) is 27.1 Å². The highest BCUT2D eigenvalue weighted by Crippen LogP contribution is 2.28. The van der Waals surface area contributed by atoms with Gasteiger partial charge < -0.3 is 4.74 Å². The molecule has 6 nitrogen and oxygen atoms in total. The van der Waals surface area contributed by atoms with Crippen LogP contribution in [0.5, 0.6) is 0 Å². The summed E-state index contributed by atoms with van der Waals surface area (Å²) >= 11 is 6.46. The number of aryl methyl sites for hydroxylation is 3. The van der Waals surface area contributed by atoms with Crippen LogP contribution in [0.1, 0.15) is 17.1 Å². The maximum Gasteiger partial charge on any atom is 0.180 e. The second-order valence-corrected chi connectivity index (χ2v) is 6.30. The molecule has 0 radical (unpaired) electrons. The van der Waals surface area contributed by atoms with E-state index in [0.717, 1.165) is 17.9 Å². The van der Waals surface area contributed by atoms with E-state index in [0.29, 0.717) is 36.1 Å². The highest BCUT2D eigenvalue weighted by Gasteiger charge is 2.20. The van der Waals surface area contributed by atoms with E-state index in [-0.39, 0.29) is 0 Å². The molecule has 25 heavy (non-hydrogen) atoms.